The minimum atomic E-state index is -0.147. The van der Waals surface area contributed by atoms with Gasteiger partial charge in [0.25, 0.3) is 0 Å². The highest BCUT2D eigenvalue weighted by Crippen LogP contribution is 2.32. The molecule has 1 aromatic heterocycles. The molecular formula is C18H25FN2. The van der Waals surface area contributed by atoms with Crippen molar-refractivity contribution in [3.8, 4) is 0 Å². The number of nitrogens with one attached hydrogen (secondary N) is 2. The molecule has 0 unspecified atom stereocenters. The molecule has 0 aliphatic carbocycles. The first-order chi connectivity index (χ1) is 10.1. The van der Waals surface area contributed by atoms with Crippen molar-refractivity contribution in [3.05, 3.63) is 40.8 Å². The van der Waals surface area contributed by atoms with Gasteiger partial charge in [0.1, 0.15) is 5.82 Å². The molecule has 0 saturated carbocycles. The number of fused-ring (bicyclic) bond motifs is 1. The maximum atomic E-state index is 14.6. The Kier molecular flexibility index (Phi) is 5.05. The standard InChI is InChI=1S/C18H25FN2/c1-5-7-8-13(6-2)18(20-4)16-14-9-10-21-17(14)12(3)11-15(16)19/h9-11,20-21H,5-8H2,1-4H3/b18-13-. The smallest absolute Gasteiger partial charge is 0.133 e. The third-order valence-electron chi connectivity index (χ3n) is 4.11. The molecule has 0 spiro atoms. The molecule has 0 fully saturated rings. The molecule has 114 valence electrons. The van der Waals surface area contributed by atoms with Crippen LogP contribution >= 0.6 is 0 Å². The number of H-pyrrole nitrogens is 1. The van der Waals surface area contributed by atoms with E-state index in [2.05, 4.69) is 24.1 Å². The molecule has 2 nitrogen and oxygen atoms in total. The minimum Gasteiger partial charge on any atom is -0.388 e. The molecule has 0 aliphatic rings. The molecule has 0 radical (unpaired) electrons. The van der Waals surface area contributed by atoms with Gasteiger partial charge in [-0.3, -0.25) is 0 Å². The molecule has 0 aliphatic heterocycles. The summed E-state index contributed by atoms with van der Waals surface area (Å²) >= 11 is 0. The Balaban J connectivity index is 2.66. The number of aromatic amines is 1. The third kappa shape index (κ3) is 2.97. The predicted molar refractivity (Wildman–Crippen MR) is 88.8 cm³/mol. The lowest BCUT2D eigenvalue weighted by atomic mass is 9.96. The SMILES string of the molecule is CCCC/C(CC)=C(\NC)c1c(F)cc(C)c2[nH]ccc12. The summed E-state index contributed by atoms with van der Waals surface area (Å²) in [7, 11) is 1.88. The average molecular weight is 288 g/mol. The van der Waals surface area contributed by atoms with Crippen molar-refractivity contribution in [2.75, 3.05) is 7.05 Å². The zero-order valence-electron chi connectivity index (χ0n) is 13.4. The quantitative estimate of drug-likeness (QED) is 0.756. The van der Waals surface area contributed by atoms with E-state index in [-0.39, 0.29) is 5.82 Å². The number of hydrogen-bond donors (Lipinski definition) is 2. The number of hydrogen-bond acceptors (Lipinski definition) is 1. The van der Waals surface area contributed by atoms with Crippen molar-refractivity contribution in [1.82, 2.24) is 10.3 Å². The number of benzene rings is 1. The molecule has 0 amide bonds. The molecule has 2 N–H and O–H groups in total. The lowest BCUT2D eigenvalue weighted by Crippen LogP contribution is -2.11. The van der Waals surface area contributed by atoms with Gasteiger partial charge in [-0.1, -0.05) is 20.3 Å². The normalized spacial score (nSPS) is 12.6. The molecule has 2 aromatic rings. The molecular weight excluding hydrogens is 263 g/mol. The summed E-state index contributed by atoms with van der Waals surface area (Å²) < 4.78 is 14.6. The number of allylic oxidation sites excluding steroid dienone is 1. The maximum Gasteiger partial charge on any atom is 0.133 e. The van der Waals surface area contributed by atoms with Crippen LogP contribution in [-0.2, 0) is 0 Å². The summed E-state index contributed by atoms with van der Waals surface area (Å²) in [6.07, 6.45) is 6.12. The van der Waals surface area contributed by atoms with Gasteiger partial charge in [0.15, 0.2) is 0 Å². The topological polar surface area (TPSA) is 27.8 Å². The van der Waals surface area contributed by atoms with Crippen LogP contribution in [0.1, 0.15) is 50.7 Å². The van der Waals surface area contributed by atoms with Crippen LogP contribution in [-0.4, -0.2) is 12.0 Å². The fourth-order valence-electron chi connectivity index (χ4n) is 2.97. The number of rotatable bonds is 6. The molecule has 1 heterocycles. The van der Waals surface area contributed by atoms with Crippen LogP contribution in [0.25, 0.3) is 16.6 Å². The van der Waals surface area contributed by atoms with Gasteiger partial charge in [0.05, 0.1) is 0 Å². The molecule has 0 atom stereocenters. The van der Waals surface area contributed by atoms with Crippen molar-refractivity contribution in [1.29, 1.82) is 0 Å². The zero-order chi connectivity index (χ0) is 15.4. The van der Waals surface area contributed by atoms with Gasteiger partial charge in [0, 0.05) is 35.4 Å². The Bertz CT molecular complexity index is 653. The van der Waals surface area contributed by atoms with E-state index in [0.29, 0.717) is 5.56 Å². The van der Waals surface area contributed by atoms with Gasteiger partial charge in [-0.05, 0) is 49.5 Å². The van der Waals surface area contributed by atoms with E-state index < -0.39 is 0 Å². The Hall–Kier alpha value is -1.77. The summed E-state index contributed by atoms with van der Waals surface area (Å²) in [5.74, 6) is -0.147. The first kappa shape index (κ1) is 15.6. The summed E-state index contributed by atoms with van der Waals surface area (Å²) in [4.78, 5) is 3.22. The summed E-state index contributed by atoms with van der Waals surface area (Å²) in [6.45, 7) is 6.26. The van der Waals surface area contributed by atoms with Gasteiger partial charge in [-0.15, -0.1) is 0 Å². The van der Waals surface area contributed by atoms with E-state index in [4.69, 9.17) is 0 Å². The first-order valence-corrected chi connectivity index (χ1v) is 7.80. The lowest BCUT2D eigenvalue weighted by molar-refractivity contribution is 0.623. The van der Waals surface area contributed by atoms with E-state index in [9.17, 15) is 4.39 Å². The number of halogens is 1. The van der Waals surface area contributed by atoms with Gasteiger partial charge < -0.3 is 10.3 Å². The molecule has 1 aromatic carbocycles. The maximum absolute atomic E-state index is 14.6. The molecule has 0 bridgehead atoms. The summed E-state index contributed by atoms with van der Waals surface area (Å²) in [6, 6.07) is 3.59. The monoisotopic (exact) mass is 288 g/mol. The minimum absolute atomic E-state index is 0.147. The Labute approximate surface area is 126 Å². The van der Waals surface area contributed by atoms with Gasteiger partial charge in [-0.2, -0.15) is 0 Å². The van der Waals surface area contributed by atoms with Crippen LogP contribution in [0.2, 0.25) is 0 Å². The largest absolute Gasteiger partial charge is 0.388 e. The number of aryl methyl sites for hydroxylation is 1. The molecule has 0 saturated heterocycles. The van der Waals surface area contributed by atoms with Crippen molar-refractivity contribution in [3.63, 3.8) is 0 Å². The molecule has 3 heteroatoms. The Morgan fingerprint density at radius 2 is 2.10 bits per heavy atom. The number of unbranched alkanes of at least 4 members (excludes halogenated alkanes) is 1. The predicted octanol–water partition coefficient (Wildman–Crippen LogP) is 5.15. The summed E-state index contributed by atoms with van der Waals surface area (Å²) in [5, 5.41) is 4.20. The highest BCUT2D eigenvalue weighted by Gasteiger charge is 2.17. The molecule has 21 heavy (non-hydrogen) atoms. The van der Waals surface area contributed by atoms with Crippen LogP contribution < -0.4 is 5.32 Å². The van der Waals surface area contributed by atoms with Crippen molar-refractivity contribution < 1.29 is 4.39 Å². The van der Waals surface area contributed by atoms with Crippen LogP contribution in [0.4, 0.5) is 4.39 Å². The highest BCUT2D eigenvalue weighted by atomic mass is 19.1. The van der Waals surface area contributed by atoms with Gasteiger partial charge in [0.2, 0.25) is 0 Å². The average Bonchev–Trinajstić information content (AvgIpc) is 2.95. The lowest BCUT2D eigenvalue weighted by Gasteiger charge is -2.17. The fourth-order valence-corrected chi connectivity index (χ4v) is 2.97. The fraction of sp³-hybridized carbons (Fsp3) is 0.444. The van der Waals surface area contributed by atoms with E-state index in [1.165, 1.54) is 5.57 Å². The van der Waals surface area contributed by atoms with Crippen molar-refractivity contribution in [2.24, 2.45) is 0 Å². The Morgan fingerprint density at radius 3 is 2.71 bits per heavy atom. The second-order valence-corrected chi connectivity index (χ2v) is 5.50. The first-order valence-electron chi connectivity index (χ1n) is 7.80. The second-order valence-electron chi connectivity index (χ2n) is 5.50. The van der Waals surface area contributed by atoms with E-state index in [0.717, 1.165) is 47.8 Å². The molecule has 2 rings (SSSR count). The van der Waals surface area contributed by atoms with Crippen molar-refractivity contribution in [2.45, 2.75) is 46.5 Å². The summed E-state index contributed by atoms with van der Waals surface area (Å²) in [5.41, 5.74) is 4.91. The van der Waals surface area contributed by atoms with E-state index >= 15 is 0 Å². The zero-order valence-corrected chi connectivity index (χ0v) is 13.4. The number of aromatic nitrogens is 1. The third-order valence-corrected chi connectivity index (χ3v) is 4.11. The van der Waals surface area contributed by atoms with Gasteiger partial charge in [-0.25, -0.2) is 4.39 Å². The van der Waals surface area contributed by atoms with Crippen molar-refractivity contribution >= 4 is 16.6 Å². The van der Waals surface area contributed by atoms with E-state index in [1.54, 1.807) is 6.07 Å². The van der Waals surface area contributed by atoms with E-state index in [1.807, 2.05) is 26.2 Å². The van der Waals surface area contributed by atoms with Crippen LogP contribution in [0, 0.1) is 12.7 Å². The van der Waals surface area contributed by atoms with Gasteiger partial charge >= 0.3 is 0 Å². The second kappa shape index (κ2) is 6.79. The Morgan fingerprint density at radius 1 is 1.33 bits per heavy atom. The van der Waals surface area contributed by atoms with Crippen LogP contribution in [0.3, 0.4) is 0 Å². The highest BCUT2D eigenvalue weighted by molar-refractivity contribution is 5.94. The van der Waals surface area contributed by atoms with Crippen LogP contribution in [0.15, 0.2) is 23.9 Å². The van der Waals surface area contributed by atoms with Crippen LogP contribution in [0.5, 0.6) is 0 Å².